The highest BCUT2D eigenvalue weighted by Crippen LogP contribution is 2.15. The number of hydrogen-bond acceptors (Lipinski definition) is 4. The molecule has 1 aliphatic rings. The van der Waals surface area contributed by atoms with Crippen LogP contribution in [0.15, 0.2) is 65.5 Å². The summed E-state index contributed by atoms with van der Waals surface area (Å²) < 4.78 is 3.07. The van der Waals surface area contributed by atoms with Crippen molar-refractivity contribution in [1.29, 1.82) is 0 Å². The van der Waals surface area contributed by atoms with E-state index in [9.17, 15) is 19.2 Å². The van der Waals surface area contributed by atoms with Crippen molar-refractivity contribution in [1.82, 2.24) is 19.6 Å². The minimum Gasteiger partial charge on any atom is -0.325 e. The Morgan fingerprint density at radius 1 is 1.00 bits per heavy atom. The molecule has 1 fully saturated rings. The molecule has 1 saturated heterocycles. The number of nitrogens with one attached hydrogen (secondary N) is 2. The molecule has 164 valence electrons. The zero-order valence-corrected chi connectivity index (χ0v) is 17.7. The summed E-state index contributed by atoms with van der Waals surface area (Å²) in [5, 5.41) is 5.19. The number of aromatic nitrogens is 2. The van der Waals surface area contributed by atoms with Gasteiger partial charge in [-0.05, 0) is 24.6 Å². The molecule has 0 saturated carbocycles. The topological polar surface area (TPSA) is 105 Å². The van der Waals surface area contributed by atoms with Crippen LogP contribution in [0.3, 0.4) is 0 Å². The lowest BCUT2D eigenvalue weighted by atomic mass is 10.1. The van der Waals surface area contributed by atoms with Crippen molar-refractivity contribution < 1.29 is 14.4 Å². The van der Waals surface area contributed by atoms with Crippen LogP contribution in [0.25, 0.3) is 5.69 Å². The predicted molar refractivity (Wildman–Crippen MR) is 119 cm³/mol. The van der Waals surface area contributed by atoms with Crippen molar-refractivity contribution >= 4 is 23.5 Å². The number of para-hydroxylation sites is 1. The van der Waals surface area contributed by atoms with E-state index < -0.39 is 36.0 Å². The summed E-state index contributed by atoms with van der Waals surface area (Å²) in [5.41, 5.74) is 1.81. The Kier molecular flexibility index (Phi) is 5.63. The van der Waals surface area contributed by atoms with Gasteiger partial charge in [-0.2, -0.15) is 0 Å². The second-order valence-corrected chi connectivity index (χ2v) is 7.60. The van der Waals surface area contributed by atoms with E-state index in [0.29, 0.717) is 17.8 Å². The summed E-state index contributed by atoms with van der Waals surface area (Å²) in [6.07, 6.45) is 0.336. The van der Waals surface area contributed by atoms with Gasteiger partial charge in [0.1, 0.15) is 18.3 Å². The normalized spacial score (nSPS) is 15.7. The second kappa shape index (κ2) is 8.54. The van der Waals surface area contributed by atoms with E-state index in [2.05, 4.69) is 10.6 Å². The second-order valence-electron chi connectivity index (χ2n) is 7.60. The minimum absolute atomic E-state index is 0.106. The molecule has 9 nitrogen and oxygen atoms in total. The molecule has 0 radical (unpaired) electrons. The van der Waals surface area contributed by atoms with E-state index in [1.54, 1.807) is 30.8 Å². The highest BCUT2D eigenvalue weighted by Gasteiger charge is 2.39. The first-order chi connectivity index (χ1) is 15.4. The van der Waals surface area contributed by atoms with Gasteiger partial charge in [-0.3, -0.25) is 24.0 Å². The van der Waals surface area contributed by atoms with Crippen LogP contribution >= 0.6 is 0 Å². The first-order valence-corrected chi connectivity index (χ1v) is 10.2. The summed E-state index contributed by atoms with van der Waals surface area (Å²) in [6.45, 7) is 1.23. The van der Waals surface area contributed by atoms with Gasteiger partial charge in [0, 0.05) is 13.5 Å². The van der Waals surface area contributed by atoms with Gasteiger partial charge in [-0.15, -0.1) is 0 Å². The average molecular weight is 433 g/mol. The van der Waals surface area contributed by atoms with Gasteiger partial charge in [-0.25, -0.2) is 9.48 Å². The summed E-state index contributed by atoms with van der Waals surface area (Å²) in [4.78, 5) is 51.4. The summed E-state index contributed by atoms with van der Waals surface area (Å²) >= 11 is 0. The molecule has 1 aromatic heterocycles. The maximum atomic E-state index is 12.9. The van der Waals surface area contributed by atoms with E-state index in [1.165, 1.54) is 4.68 Å². The Hall–Kier alpha value is -4.14. The van der Waals surface area contributed by atoms with Crippen LogP contribution in [0, 0.1) is 6.92 Å². The molecule has 2 heterocycles. The summed E-state index contributed by atoms with van der Waals surface area (Å²) in [7, 11) is 1.71. The van der Waals surface area contributed by atoms with Crippen molar-refractivity contribution in [2.45, 2.75) is 19.4 Å². The van der Waals surface area contributed by atoms with Gasteiger partial charge in [0.2, 0.25) is 5.91 Å². The highest BCUT2D eigenvalue weighted by molar-refractivity contribution is 6.08. The maximum absolute atomic E-state index is 12.9. The van der Waals surface area contributed by atoms with E-state index in [4.69, 9.17) is 0 Å². The van der Waals surface area contributed by atoms with E-state index in [1.807, 2.05) is 48.5 Å². The Labute approximate surface area is 184 Å². The zero-order valence-electron chi connectivity index (χ0n) is 17.7. The van der Waals surface area contributed by atoms with Crippen LogP contribution < -0.4 is 16.2 Å². The van der Waals surface area contributed by atoms with Gasteiger partial charge in [0.25, 0.3) is 11.5 Å². The smallest absolute Gasteiger partial charge is 0.325 e. The van der Waals surface area contributed by atoms with Crippen molar-refractivity contribution in [2.75, 3.05) is 11.9 Å². The van der Waals surface area contributed by atoms with Crippen LogP contribution in [0.2, 0.25) is 0 Å². The van der Waals surface area contributed by atoms with Crippen LogP contribution in [-0.4, -0.2) is 44.7 Å². The van der Waals surface area contributed by atoms with Gasteiger partial charge < -0.3 is 10.6 Å². The van der Waals surface area contributed by atoms with E-state index in [0.717, 1.165) is 10.5 Å². The number of rotatable bonds is 6. The maximum Gasteiger partial charge on any atom is 0.325 e. The average Bonchev–Trinajstić information content (AvgIpc) is 3.16. The first-order valence-electron chi connectivity index (χ1n) is 10.2. The Morgan fingerprint density at radius 2 is 1.62 bits per heavy atom. The Morgan fingerprint density at radius 3 is 2.28 bits per heavy atom. The number of benzene rings is 2. The third-order valence-electron chi connectivity index (χ3n) is 5.51. The lowest BCUT2D eigenvalue weighted by molar-refractivity contribution is -0.130. The lowest BCUT2D eigenvalue weighted by Gasteiger charge is -2.12. The third kappa shape index (κ3) is 3.92. The van der Waals surface area contributed by atoms with Crippen molar-refractivity contribution in [3.05, 3.63) is 82.3 Å². The number of imide groups is 1. The molecule has 1 aliphatic heterocycles. The van der Waals surface area contributed by atoms with Gasteiger partial charge in [-0.1, -0.05) is 48.5 Å². The zero-order chi connectivity index (χ0) is 22.8. The molecule has 1 unspecified atom stereocenters. The van der Waals surface area contributed by atoms with Crippen LogP contribution in [-0.2, 0) is 23.1 Å². The van der Waals surface area contributed by atoms with Crippen molar-refractivity contribution in [3.63, 3.8) is 0 Å². The quantitative estimate of drug-likeness (QED) is 0.576. The molecule has 0 bridgehead atoms. The SMILES string of the molecule is Cc1c(NC(=O)CN2C(=O)NC(Cc3ccccc3)C2=O)c(=O)n(-c2ccccc2)n1C. The van der Waals surface area contributed by atoms with Gasteiger partial charge in [0.15, 0.2) is 0 Å². The van der Waals surface area contributed by atoms with Gasteiger partial charge >= 0.3 is 6.03 Å². The lowest BCUT2D eigenvalue weighted by Crippen LogP contribution is -2.39. The number of amides is 4. The molecule has 1 atom stereocenters. The molecule has 4 rings (SSSR count). The molecule has 2 aromatic carbocycles. The highest BCUT2D eigenvalue weighted by atomic mass is 16.2. The number of nitrogens with zero attached hydrogens (tertiary/aromatic N) is 3. The standard InChI is InChI=1S/C23H23N5O4/c1-15-20(22(31)28(26(15)2)17-11-7-4-8-12-17)25-19(29)14-27-21(30)18(24-23(27)32)13-16-9-5-3-6-10-16/h3-12,18H,13-14H2,1-2H3,(H,24,32)(H,25,29). The number of carbonyl (C=O) groups is 3. The fourth-order valence-electron chi connectivity index (χ4n) is 3.75. The monoisotopic (exact) mass is 433 g/mol. The van der Waals surface area contributed by atoms with E-state index >= 15 is 0 Å². The number of carbonyl (C=O) groups excluding carboxylic acids is 3. The number of anilines is 1. The van der Waals surface area contributed by atoms with Gasteiger partial charge in [0.05, 0.1) is 11.4 Å². The molecule has 3 aromatic rings. The molecule has 32 heavy (non-hydrogen) atoms. The molecular weight excluding hydrogens is 410 g/mol. The molecule has 2 N–H and O–H groups in total. The van der Waals surface area contributed by atoms with Crippen LogP contribution in [0.4, 0.5) is 10.5 Å². The first kappa shape index (κ1) is 21.1. The molecule has 0 aliphatic carbocycles. The number of hydrogen-bond donors (Lipinski definition) is 2. The largest absolute Gasteiger partial charge is 0.325 e. The Bertz CT molecular complexity index is 1230. The fraction of sp³-hybridized carbons (Fsp3) is 0.217. The summed E-state index contributed by atoms with van der Waals surface area (Å²) in [5.74, 6) is -1.10. The van der Waals surface area contributed by atoms with Crippen molar-refractivity contribution in [2.24, 2.45) is 7.05 Å². The van der Waals surface area contributed by atoms with Crippen molar-refractivity contribution in [3.8, 4) is 5.69 Å². The predicted octanol–water partition coefficient (Wildman–Crippen LogP) is 1.59. The minimum atomic E-state index is -0.730. The molecule has 4 amide bonds. The van der Waals surface area contributed by atoms with Crippen LogP contribution in [0.5, 0.6) is 0 Å². The van der Waals surface area contributed by atoms with E-state index in [-0.39, 0.29) is 5.69 Å². The fourth-order valence-corrected chi connectivity index (χ4v) is 3.75. The third-order valence-corrected chi connectivity index (χ3v) is 5.51. The summed E-state index contributed by atoms with van der Waals surface area (Å²) in [6, 6.07) is 17.0. The molecule has 0 spiro atoms. The van der Waals surface area contributed by atoms with Crippen LogP contribution in [0.1, 0.15) is 11.3 Å². The molecular formula is C23H23N5O4. The Balaban J connectivity index is 1.48. The number of urea groups is 1. The molecule has 9 heteroatoms.